The van der Waals surface area contributed by atoms with Gasteiger partial charge in [0.25, 0.3) is 0 Å². The number of nitrogens with zero attached hydrogens (tertiary/aromatic N) is 3. The lowest BCUT2D eigenvalue weighted by Crippen LogP contribution is -2.15. The Hall–Kier alpha value is -2.17. The van der Waals surface area contributed by atoms with E-state index in [4.69, 9.17) is 0 Å². The molecule has 4 nitrogen and oxygen atoms in total. The zero-order chi connectivity index (χ0) is 14.5. The molecule has 0 radical (unpaired) electrons. The van der Waals surface area contributed by atoms with Crippen LogP contribution in [0.5, 0.6) is 0 Å². The first kappa shape index (κ1) is 14.2. The van der Waals surface area contributed by atoms with Crippen molar-refractivity contribution >= 4 is 17.3 Å². The molecule has 0 saturated carbocycles. The predicted molar refractivity (Wildman–Crippen MR) is 80.0 cm³/mol. The minimum atomic E-state index is -0.244. The minimum Gasteiger partial charge on any atom is -0.370 e. The summed E-state index contributed by atoms with van der Waals surface area (Å²) >= 11 is 0. The first-order valence-electron chi connectivity index (χ1n) is 6.68. The average Bonchev–Trinajstić information content (AvgIpc) is 2.46. The van der Waals surface area contributed by atoms with E-state index in [9.17, 15) is 4.39 Å². The Morgan fingerprint density at radius 3 is 2.55 bits per heavy atom. The Morgan fingerprint density at radius 2 is 1.90 bits per heavy atom. The normalized spacial score (nSPS) is 10.4. The fourth-order valence-corrected chi connectivity index (χ4v) is 1.99. The van der Waals surface area contributed by atoms with E-state index in [1.165, 1.54) is 12.1 Å². The van der Waals surface area contributed by atoms with Gasteiger partial charge in [-0.1, -0.05) is 6.92 Å². The van der Waals surface area contributed by atoms with Crippen molar-refractivity contribution in [3.63, 3.8) is 0 Å². The molecule has 1 heterocycles. The monoisotopic (exact) mass is 274 g/mol. The number of nitrogens with one attached hydrogen (secondary N) is 1. The SMILES string of the molecule is CCCNc1ncnc(N(C)c2ccc(F)cc2)c1C. The highest BCUT2D eigenvalue weighted by Crippen LogP contribution is 2.27. The molecule has 1 aromatic heterocycles. The predicted octanol–water partition coefficient (Wildman–Crippen LogP) is 3.51. The highest BCUT2D eigenvalue weighted by molar-refractivity contribution is 5.66. The van der Waals surface area contributed by atoms with E-state index in [-0.39, 0.29) is 5.82 Å². The molecule has 0 unspecified atom stereocenters. The van der Waals surface area contributed by atoms with Crippen LogP contribution in [0.25, 0.3) is 0 Å². The molecular formula is C15H19FN4. The van der Waals surface area contributed by atoms with Crippen LogP contribution < -0.4 is 10.2 Å². The van der Waals surface area contributed by atoms with Crippen LogP contribution >= 0.6 is 0 Å². The van der Waals surface area contributed by atoms with Crippen LogP contribution in [0.3, 0.4) is 0 Å². The van der Waals surface area contributed by atoms with E-state index in [0.29, 0.717) is 0 Å². The quantitative estimate of drug-likeness (QED) is 0.905. The van der Waals surface area contributed by atoms with Gasteiger partial charge in [-0.25, -0.2) is 14.4 Å². The van der Waals surface area contributed by atoms with Gasteiger partial charge in [-0.15, -0.1) is 0 Å². The fourth-order valence-electron chi connectivity index (χ4n) is 1.99. The van der Waals surface area contributed by atoms with Crippen molar-refractivity contribution in [1.82, 2.24) is 9.97 Å². The molecular weight excluding hydrogens is 255 g/mol. The molecule has 106 valence electrons. The fraction of sp³-hybridized carbons (Fsp3) is 0.333. The summed E-state index contributed by atoms with van der Waals surface area (Å²) in [5.74, 6) is 1.41. The molecule has 20 heavy (non-hydrogen) atoms. The maximum absolute atomic E-state index is 13.0. The van der Waals surface area contributed by atoms with Crippen molar-refractivity contribution in [3.8, 4) is 0 Å². The van der Waals surface area contributed by atoms with Gasteiger partial charge in [0.15, 0.2) is 0 Å². The number of hydrogen-bond donors (Lipinski definition) is 1. The van der Waals surface area contributed by atoms with Gasteiger partial charge in [-0.05, 0) is 37.6 Å². The maximum Gasteiger partial charge on any atom is 0.141 e. The second kappa shape index (κ2) is 6.32. The molecule has 0 fully saturated rings. The van der Waals surface area contributed by atoms with Crippen LogP contribution in [0, 0.1) is 12.7 Å². The largest absolute Gasteiger partial charge is 0.370 e. The van der Waals surface area contributed by atoms with E-state index < -0.39 is 0 Å². The zero-order valence-corrected chi connectivity index (χ0v) is 12.0. The summed E-state index contributed by atoms with van der Waals surface area (Å²) in [5.41, 5.74) is 1.86. The van der Waals surface area contributed by atoms with Crippen molar-refractivity contribution in [3.05, 3.63) is 42.0 Å². The van der Waals surface area contributed by atoms with Crippen LogP contribution in [0.2, 0.25) is 0 Å². The standard InChI is InChI=1S/C15H19FN4/c1-4-9-17-14-11(2)15(19-10-18-14)20(3)13-7-5-12(16)6-8-13/h5-8,10H,4,9H2,1-3H3,(H,17,18,19). The zero-order valence-electron chi connectivity index (χ0n) is 12.0. The average molecular weight is 274 g/mol. The van der Waals surface area contributed by atoms with Gasteiger partial charge in [-0.2, -0.15) is 0 Å². The third kappa shape index (κ3) is 3.04. The van der Waals surface area contributed by atoms with E-state index in [0.717, 1.165) is 35.9 Å². The van der Waals surface area contributed by atoms with Gasteiger partial charge >= 0.3 is 0 Å². The van der Waals surface area contributed by atoms with Gasteiger partial charge in [-0.3, -0.25) is 0 Å². The summed E-state index contributed by atoms with van der Waals surface area (Å²) in [4.78, 5) is 10.5. The van der Waals surface area contributed by atoms with Crippen molar-refractivity contribution in [1.29, 1.82) is 0 Å². The van der Waals surface area contributed by atoms with Gasteiger partial charge in [0.1, 0.15) is 23.8 Å². The van der Waals surface area contributed by atoms with Crippen LogP contribution in [-0.4, -0.2) is 23.6 Å². The molecule has 0 bridgehead atoms. The smallest absolute Gasteiger partial charge is 0.141 e. The number of halogens is 1. The Balaban J connectivity index is 2.29. The lowest BCUT2D eigenvalue weighted by Gasteiger charge is -2.21. The van der Waals surface area contributed by atoms with Crippen molar-refractivity contribution < 1.29 is 4.39 Å². The lowest BCUT2D eigenvalue weighted by atomic mass is 10.2. The highest BCUT2D eigenvalue weighted by atomic mass is 19.1. The number of hydrogen-bond acceptors (Lipinski definition) is 4. The van der Waals surface area contributed by atoms with Gasteiger partial charge in [0.05, 0.1) is 0 Å². The summed E-state index contributed by atoms with van der Waals surface area (Å²) < 4.78 is 13.0. The second-order valence-electron chi connectivity index (χ2n) is 4.63. The first-order valence-corrected chi connectivity index (χ1v) is 6.68. The van der Waals surface area contributed by atoms with Crippen LogP contribution in [0.4, 0.5) is 21.7 Å². The molecule has 1 N–H and O–H groups in total. The molecule has 0 amide bonds. The summed E-state index contributed by atoms with van der Waals surface area (Å²) in [6.45, 7) is 4.96. The molecule has 0 aliphatic heterocycles. The molecule has 0 atom stereocenters. The summed E-state index contributed by atoms with van der Waals surface area (Å²) in [6, 6.07) is 6.35. The van der Waals surface area contributed by atoms with E-state index >= 15 is 0 Å². The molecule has 2 aromatic rings. The third-order valence-corrected chi connectivity index (χ3v) is 3.13. The third-order valence-electron chi connectivity index (χ3n) is 3.13. The van der Waals surface area contributed by atoms with Gasteiger partial charge < -0.3 is 10.2 Å². The molecule has 1 aromatic carbocycles. The van der Waals surface area contributed by atoms with Crippen LogP contribution in [-0.2, 0) is 0 Å². The molecule has 0 aliphatic rings. The first-order chi connectivity index (χ1) is 9.63. The lowest BCUT2D eigenvalue weighted by molar-refractivity contribution is 0.628. The Bertz CT molecular complexity index is 569. The number of anilines is 3. The van der Waals surface area contributed by atoms with E-state index in [1.54, 1.807) is 18.5 Å². The number of benzene rings is 1. The summed E-state index contributed by atoms with van der Waals surface area (Å²) in [6.07, 6.45) is 2.58. The van der Waals surface area contributed by atoms with Crippen molar-refractivity contribution in [2.45, 2.75) is 20.3 Å². The van der Waals surface area contributed by atoms with Crippen LogP contribution in [0.15, 0.2) is 30.6 Å². The van der Waals surface area contributed by atoms with Crippen molar-refractivity contribution in [2.24, 2.45) is 0 Å². The topological polar surface area (TPSA) is 41.1 Å². The second-order valence-corrected chi connectivity index (χ2v) is 4.63. The molecule has 0 spiro atoms. The Labute approximate surface area is 118 Å². The van der Waals surface area contributed by atoms with Gasteiger partial charge in [0.2, 0.25) is 0 Å². The van der Waals surface area contributed by atoms with E-state index in [1.807, 2.05) is 18.9 Å². The van der Waals surface area contributed by atoms with Gasteiger partial charge in [0, 0.05) is 24.8 Å². The Kier molecular flexibility index (Phi) is 4.50. The maximum atomic E-state index is 13.0. The molecule has 0 saturated heterocycles. The summed E-state index contributed by atoms with van der Waals surface area (Å²) in [5, 5.41) is 3.28. The number of aromatic nitrogens is 2. The Morgan fingerprint density at radius 1 is 1.20 bits per heavy atom. The van der Waals surface area contributed by atoms with E-state index in [2.05, 4.69) is 22.2 Å². The minimum absolute atomic E-state index is 0.244. The highest BCUT2D eigenvalue weighted by Gasteiger charge is 2.12. The number of rotatable bonds is 5. The molecule has 2 rings (SSSR count). The van der Waals surface area contributed by atoms with Crippen molar-refractivity contribution in [2.75, 3.05) is 23.8 Å². The summed E-state index contributed by atoms with van der Waals surface area (Å²) in [7, 11) is 1.91. The molecule has 0 aliphatic carbocycles. The molecule has 5 heteroatoms. The van der Waals surface area contributed by atoms with Crippen LogP contribution in [0.1, 0.15) is 18.9 Å².